The summed E-state index contributed by atoms with van der Waals surface area (Å²) in [6.07, 6.45) is 1.82. The molecule has 0 aliphatic carbocycles. The van der Waals surface area contributed by atoms with Crippen molar-refractivity contribution < 1.29 is 19.2 Å². The van der Waals surface area contributed by atoms with E-state index in [2.05, 4.69) is 15.5 Å². The largest absolute Gasteiger partial charge is 0.481 e. The molecule has 0 aliphatic heterocycles. The van der Waals surface area contributed by atoms with Gasteiger partial charge in [-0.3, -0.25) is 9.59 Å². The van der Waals surface area contributed by atoms with Crippen LogP contribution in [-0.4, -0.2) is 33.7 Å². The highest BCUT2D eigenvalue weighted by Gasteiger charge is 2.19. The van der Waals surface area contributed by atoms with Crippen molar-refractivity contribution >= 4 is 23.5 Å². The smallest absolute Gasteiger partial charge is 0.308 e. The zero-order valence-electron chi connectivity index (χ0n) is 15.4. The van der Waals surface area contributed by atoms with E-state index in [1.807, 2.05) is 13.8 Å². The Hall–Kier alpha value is -2.41. The van der Waals surface area contributed by atoms with Crippen molar-refractivity contribution in [2.75, 3.05) is 6.54 Å². The molecule has 146 valence electrons. The van der Waals surface area contributed by atoms with Gasteiger partial charge in [-0.25, -0.2) is 0 Å². The van der Waals surface area contributed by atoms with Gasteiger partial charge in [0, 0.05) is 30.0 Å². The molecule has 0 saturated heterocycles. The predicted octanol–water partition coefficient (Wildman–Crippen LogP) is 3.58. The van der Waals surface area contributed by atoms with Gasteiger partial charge in [0.15, 0.2) is 0 Å². The minimum atomic E-state index is -0.885. The summed E-state index contributed by atoms with van der Waals surface area (Å²) in [5.74, 6) is -0.436. The van der Waals surface area contributed by atoms with E-state index in [1.54, 1.807) is 24.3 Å². The lowest BCUT2D eigenvalue weighted by atomic mass is 9.97. The molecule has 1 aromatic heterocycles. The van der Waals surface area contributed by atoms with Crippen molar-refractivity contribution in [2.45, 2.75) is 39.5 Å². The van der Waals surface area contributed by atoms with Crippen molar-refractivity contribution in [1.82, 2.24) is 15.5 Å². The van der Waals surface area contributed by atoms with Crippen molar-refractivity contribution in [2.24, 2.45) is 11.8 Å². The number of aryl methyl sites for hydroxylation is 1. The first kappa shape index (κ1) is 20.9. The first-order chi connectivity index (χ1) is 12.8. The number of aliphatic carboxylic acids is 1. The molecule has 2 aromatic rings. The lowest BCUT2D eigenvalue weighted by molar-refractivity contribution is -0.142. The average Bonchev–Trinajstić information content (AvgIpc) is 3.07. The van der Waals surface area contributed by atoms with E-state index in [1.165, 1.54) is 0 Å². The van der Waals surface area contributed by atoms with Crippen LogP contribution in [-0.2, 0) is 16.0 Å². The van der Waals surface area contributed by atoms with E-state index in [0.717, 1.165) is 5.56 Å². The number of nitrogens with zero attached hydrogens (tertiary/aromatic N) is 2. The minimum Gasteiger partial charge on any atom is -0.481 e. The fraction of sp³-hybridized carbons (Fsp3) is 0.474. The third kappa shape index (κ3) is 7.02. The molecule has 0 fully saturated rings. The quantitative estimate of drug-likeness (QED) is 0.639. The molecular formula is C19H24ClN3O4. The number of halogens is 1. The van der Waals surface area contributed by atoms with Gasteiger partial charge in [-0.1, -0.05) is 30.6 Å². The average molecular weight is 394 g/mol. The van der Waals surface area contributed by atoms with E-state index in [-0.39, 0.29) is 24.8 Å². The monoisotopic (exact) mass is 393 g/mol. The zero-order chi connectivity index (χ0) is 19.8. The molecule has 1 amide bonds. The summed E-state index contributed by atoms with van der Waals surface area (Å²) >= 11 is 5.85. The van der Waals surface area contributed by atoms with Crippen LogP contribution < -0.4 is 5.32 Å². The summed E-state index contributed by atoms with van der Waals surface area (Å²) in [5, 5.41) is 16.4. The maximum absolute atomic E-state index is 11.9. The van der Waals surface area contributed by atoms with Gasteiger partial charge < -0.3 is 14.9 Å². The molecule has 0 spiro atoms. The molecule has 8 heteroatoms. The molecule has 7 nitrogen and oxygen atoms in total. The number of carbonyl (C=O) groups is 2. The van der Waals surface area contributed by atoms with E-state index in [0.29, 0.717) is 36.0 Å². The van der Waals surface area contributed by atoms with Crippen LogP contribution in [0.3, 0.4) is 0 Å². The lowest BCUT2D eigenvalue weighted by Crippen LogP contribution is -2.33. The zero-order valence-corrected chi connectivity index (χ0v) is 16.2. The fourth-order valence-electron chi connectivity index (χ4n) is 2.64. The Morgan fingerprint density at radius 2 is 1.96 bits per heavy atom. The van der Waals surface area contributed by atoms with Gasteiger partial charge in [0.1, 0.15) is 0 Å². The number of aromatic nitrogens is 2. The van der Waals surface area contributed by atoms with Crippen LogP contribution in [0, 0.1) is 11.8 Å². The minimum absolute atomic E-state index is 0.146. The number of carboxylic acids is 1. The molecule has 1 unspecified atom stereocenters. The maximum Gasteiger partial charge on any atom is 0.308 e. The van der Waals surface area contributed by atoms with E-state index < -0.39 is 11.9 Å². The number of benzene rings is 1. The molecule has 1 aromatic carbocycles. The molecule has 2 N–H and O–H groups in total. The highest BCUT2D eigenvalue weighted by Crippen LogP contribution is 2.19. The van der Waals surface area contributed by atoms with Crippen LogP contribution in [0.4, 0.5) is 0 Å². The Morgan fingerprint density at radius 3 is 2.59 bits per heavy atom. The second kappa shape index (κ2) is 10.1. The Morgan fingerprint density at radius 1 is 1.26 bits per heavy atom. The molecule has 2 rings (SSSR count). The molecule has 0 bridgehead atoms. The summed E-state index contributed by atoms with van der Waals surface area (Å²) in [6, 6.07) is 7.11. The van der Waals surface area contributed by atoms with Crippen LogP contribution in [0.25, 0.3) is 11.4 Å². The lowest BCUT2D eigenvalue weighted by Gasteiger charge is -2.15. The highest BCUT2D eigenvalue weighted by atomic mass is 35.5. The number of rotatable bonds is 10. The summed E-state index contributed by atoms with van der Waals surface area (Å²) < 4.78 is 5.20. The summed E-state index contributed by atoms with van der Waals surface area (Å²) in [6.45, 7) is 4.06. The second-order valence-corrected chi connectivity index (χ2v) is 7.28. The van der Waals surface area contributed by atoms with Gasteiger partial charge in [-0.2, -0.15) is 4.98 Å². The van der Waals surface area contributed by atoms with E-state index in [4.69, 9.17) is 16.1 Å². The molecule has 27 heavy (non-hydrogen) atoms. The van der Waals surface area contributed by atoms with Gasteiger partial charge in [0.25, 0.3) is 0 Å². The Balaban J connectivity index is 1.75. The summed E-state index contributed by atoms with van der Waals surface area (Å²) in [7, 11) is 0. The number of amides is 1. The van der Waals surface area contributed by atoms with E-state index in [9.17, 15) is 14.7 Å². The number of carboxylic acid groups (broad SMARTS) is 1. The van der Waals surface area contributed by atoms with Crippen molar-refractivity contribution in [3.8, 4) is 11.4 Å². The number of hydrogen-bond donors (Lipinski definition) is 2. The van der Waals surface area contributed by atoms with Crippen LogP contribution in [0.15, 0.2) is 28.8 Å². The molecule has 0 saturated carbocycles. The standard InChI is InChI=1S/C19H24ClN3O4/c1-12(2)10-14(19(25)26)11-21-16(24)4-3-5-17-22-18(23-27-17)13-6-8-15(20)9-7-13/h6-9,12,14H,3-5,10-11H2,1-2H3,(H,21,24)(H,25,26). The van der Waals surface area contributed by atoms with E-state index >= 15 is 0 Å². The van der Waals surface area contributed by atoms with Crippen LogP contribution in [0.5, 0.6) is 0 Å². The molecule has 1 atom stereocenters. The number of carbonyl (C=O) groups excluding carboxylic acids is 1. The van der Waals surface area contributed by atoms with Crippen LogP contribution >= 0.6 is 11.6 Å². The number of nitrogens with one attached hydrogen (secondary N) is 1. The first-order valence-electron chi connectivity index (χ1n) is 8.93. The first-order valence-corrected chi connectivity index (χ1v) is 9.31. The summed E-state index contributed by atoms with van der Waals surface area (Å²) in [4.78, 5) is 27.4. The van der Waals surface area contributed by atoms with Crippen molar-refractivity contribution in [3.05, 3.63) is 35.2 Å². The van der Waals surface area contributed by atoms with Crippen molar-refractivity contribution in [1.29, 1.82) is 0 Å². The predicted molar refractivity (Wildman–Crippen MR) is 101 cm³/mol. The van der Waals surface area contributed by atoms with Gasteiger partial charge in [0.05, 0.1) is 5.92 Å². The molecular weight excluding hydrogens is 370 g/mol. The van der Waals surface area contributed by atoms with Crippen LogP contribution in [0.1, 0.15) is 39.0 Å². The highest BCUT2D eigenvalue weighted by molar-refractivity contribution is 6.30. The Kier molecular flexibility index (Phi) is 7.79. The van der Waals surface area contributed by atoms with Gasteiger partial charge in [-0.15, -0.1) is 0 Å². The SMILES string of the molecule is CC(C)CC(CNC(=O)CCCc1nc(-c2ccc(Cl)cc2)no1)C(=O)O. The normalized spacial score (nSPS) is 12.1. The third-order valence-electron chi connectivity index (χ3n) is 4.02. The topological polar surface area (TPSA) is 105 Å². The molecule has 1 heterocycles. The number of hydrogen-bond acceptors (Lipinski definition) is 5. The third-order valence-corrected chi connectivity index (χ3v) is 4.27. The van der Waals surface area contributed by atoms with Gasteiger partial charge in [-0.05, 0) is 43.0 Å². The van der Waals surface area contributed by atoms with Crippen LogP contribution in [0.2, 0.25) is 5.02 Å². The molecule has 0 radical (unpaired) electrons. The van der Waals surface area contributed by atoms with Gasteiger partial charge >= 0.3 is 5.97 Å². The Bertz CT molecular complexity index is 759. The maximum atomic E-state index is 11.9. The summed E-state index contributed by atoms with van der Waals surface area (Å²) in [5.41, 5.74) is 0.803. The Labute approximate surface area is 163 Å². The molecule has 0 aliphatic rings. The van der Waals surface area contributed by atoms with Gasteiger partial charge in [0.2, 0.25) is 17.6 Å². The fourth-order valence-corrected chi connectivity index (χ4v) is 2.76. The second-order valence-electron chi connectivity index (χ2n) is 6.84. The van der Waals surface area contributed by atoms with Crippen molar-refractivity contribution in [3.63, 3.8) is 0 Å².